The molecule has 4 aliphatic rings. The molecule has 3 fully saturated rings. The summed E-state index contributed by atoms with van der Waals surface area (Å²) < 4.78 is 11.2. The molecule has 4 nitrogen and oxygen atoms in total. The van der Waals surface area contributed by atoms with Crippen LogP contribution in [0.1, 0.15) is 109 Å². The molecule has 39 heavy (non-hydrogen) atoms. The molecule has 0 saturated heterocycles. The second kappa shape index (κ2) is 11.8. The predicted molar refractivity (Wildman–Crippen MR) is 156 cm³/mol. The van der Waals surface area contributed by atoms with E-state index in [0.717, 1.165) is 72.9 Å². The highest BCUT2D eigenvalue weighted by Crippen LogP contribution is 2.64. The zero-order chi connectivity index (χ0) is 27.7. The lowest BCUT2D eigenvalue weighted by Gasteiger charge is -2.57. The van der Waals surface area contributed by atoms with Gasteiger partial charge in [-0.05, 0) is 116 Å². The van der Waals surface area contributed by atoms with E-state index in [1.165, 1.54) is 50.5 Å². The van der Waals surface area contributed by atoms with Crippen LogP contribution in [0.5, 0.6) is 5.75 Å². The Balaban J connectivity index is 1.21. The highest BCUT2D eigenvalue weighted by atomic mass is 16.7. The summed E-state index contributed by atoms with van der Waals surface area (Å²) in [5.41, 5.74) is 2.31. The molecule has 4 heteroatoms. The summed E-state index contributed by atoms with van der Waals surface area (Å²) in [5, 5.41) is 0. The smallest absolute Gasteiger partial charge is 0.430 e. The Bertz CT molecular complexity index is 1040. The van der Waals surface area contributed by atoms with Crippen molar-refractivity contribution in [3.63, 3.8) is 0 Å². The van der Waals surface area contributed by atoms with Gasteiger partial charge in [0.05, 0.1) is 0 Å². The molecule has 1 aromatic carbocycles. The van der Waals surface area contributed by atoms with E-state index in [4.69, 9.17) is 9.47 Å². The maximum atomic E-state index is 12.5. The monoisotopic (exact) mass is 534 g/mol. The van der Waals surface area contributed by atoms with E-state index in [1.807, 2.05) is 0 Å². The molecule has 4 aliphatic carbocycles. The minimum Gasteiger partial charge on any atom is -0.430 e. The molecule has 0 aromatic heterocycles. The fourth-order valence-electron chi connectivity index (χ4n) is 9.45. The Morgan fingerprint density at radius 1 is 1.08 bits per heavy atom. The second-order valence-electron chi connectivity index (χ2n) is 14.2. The Labute approximate surface area is 236 Å². The van der Waals surface area contributed by atoms with Crippen LogP contribution in [0.2, 0.25) is 0 Å². The Kier molecular flexibility index (Phi) is 8.59. The minimum absolute atomic E-state index is 0.126. The van der Waals surface area contributed by atoms with Crippen LogP contribution in [0, 0.1) is 52.8 Å². The third-order valence-corrected chi connectivity index (χ3v) is 11.4. The average molecular weight is 535 g/mol. The first-order chi connectivity index (χ1) is 18.7. The SMILES string of the molecule is CC(C)CCC[C@H](C)[C@@H]1CC[C@@H]2[C@@H]3CC=C4C[C@H](OC(=O)Oc5ccc(C=O)cc5)CC[C@]4(C)[C@@H]3C[C@H](C)[C@@H]21. The van der Waals surface area contributed by atoms with E-state index >= 15 is 0 Å². The van der Waals surface area contributed by atoms with Crippen molar-refractivity contribution in [2.24, 2.45) is 52.8 Å². The van der Waals surface area contributed by atoms with Crippen LogP contribution in [-0.4, -0.2) is 18.5 Å². The van der Waals surface area contributed by atoms with Gasteiger partial charge in [-0.25, -0.2) is 4.79 Å². The molecule has 0 aliphatic heterocycles. The predicted octanol–water partition coefficient (Wildman–Crippen LogP) is 9.28. The molecule has 0 spiro atoms. The molecule has 0 amide bonds. The van der Waals surface area contributed by atoms with Crippen LogP contribution in [-0.2, 0) is 4.74 Å². The Hall–Kier alpha value is -2.10. The molecule has 0 radical (unpaired) electrons. The van der Waals surface area contributed by atoms with Gasteiger partial charge in [0.1, 0.15) is 18.1 Å². The van der Waals surface area contributed by atoms with E-state index in [0.29, 0.717) is 11.3 Å². The van der Waals surface area contributed by atoms with Gasteiger partial charge in [0.2, 0.25) is 0 Å². The minimum atomic E-state index is -0.648. The van der Waals surface area contributed by atoms with Crippen molar-refractivity contribution in [2.75, 3.05) is 0 Å². The molecule has 0 unspecified atom stereocenters. The molecule has 5 rings (SSSR count). The molecule has 0 N–H and O–H groups in total. The number of carbonyl (C=O) groups is 2. The van der Waals surface area contributed by atoms with Gasteiger partial charge in [0.25, 0.3) is 0 Å². The van der Waals surface area contributed by atoms with Gasteiger partial charge in [-0.3, -0.25) is 4.79 Å². The zero-order valence-electron chi connectivity index (χ0n) is 24.9. The Morgan fingerprint density at radius 2 is 1.85 bits per heavy atom. The normalized spacial score (nSPS) is 36.3. The summed E-state index contributed by atoms with van der Waals surface area (Å²) in [5.74, 6) is 7.19. The van der Waals surface area contributed by atoms with Crippen molar-refractivity contribution in [3.05, 3.63) is 41.5 Å². The number of carbonyl (C=O) groups excluding carboxylic acids is 2. The van der Waals surface area contributed by atoms with Crippen LogP contribution in [0.3, 0.4) is 0 Å². The number of ether oxygens (including phenoxy) is 2. The van der Waals surface area contributed by atoms with Crippen molar-refractivity contribution >= 4 is 12.4 Å². The lowest BCUT2D eigenvalue weighted by molar-refractivity contribution is -0.0448. The number of fused-ring (bicyclic) bond motifs is 5. The first kappa shape index (κ1) is 28.4. The van der Waals surface area contributed by atoms with Gasteiger partial charge in [-0.15, -0.1) is 0 Å². The third-order valence-electron chi connectivity index (χ3n) is 11.4. The highest BCUT2D eigenvalue weighted by molar-refractivity contribution is 5.75. The van der Waals surface area contributed by atoms with Crippen LogP contribution in [0.15, 0.2) is 35.9 Å². The molecule has 9 atom stereocenters. The second-order valence-corrected chi connectivity index (χ2v) is 14.2. The first-order valence-corrected chi connectivity index (χ1v) is 15.8. The van der Waals surface area contributed by atoms with E-state index in [1.54, 1.807) is 24.3 Å². The highest BCUT2D eigenvalue weighted by Gasteiger charge is 2.56. The van der Waals surface area contributed by atoms with E-state index in [2.05, 4.69) is 40.7 Å². The third kappa shape index (κ3) is 5.86. The van der Waals surface area contributed by atoms with Gasteiger partial charge in [0, 0.05) is 12.0 Å². The lowest BCUT2D eigenvalue weighted by atomic mass is 9.48. The molecular weight excluding hydrogens is 484 g/mol. The van der Waals surface area contributed by atoms with Crippen LogP contribution in [0.25, 0.3) is 0 Å². The summed E-state index contributed by atoms with van der Waals surface area (Å²) in [7, 11) is 0. The zero-order valence-corrected chi connectivity index (χ0v) is 24.9. The maximum Gasteiger partial charge on any atom is 0.514 e. The standard InChI is InChI=1S/C35H50O4/c1-22(2)7-6-8-23(3)29-15-16-31-30-14-11-26-20-28(17-18-35(26,5)32(30)19-24(4)33(29)31)39-34(37)38-27-12-9-25(21-36)10-13-27/h9-13,21-24,28-33H,6-8,14-20H2,1-5H3/t23-,24-,28+,29-,30-,31+,32+,33+,35-/m0/s1. The van der Waals surface area contributed by atoms with E-state index in [9.17, 15) is 9.59 Å². The summed E-state index contributed by atoms with van der Waals surface area (Å²) in [4.78, 5) is 23.4. The molecule has 0 bridgehead atoms. The number of hydrogen-bond donors (Lipinski definition) is 0. The molecule has 0 heterocycles. The van der Waals surface area contributed by atoms with Crippen LogP contribution < -0.4 is 4.74 Å². The average Bonchev–Trinajstić information content (AvgIpc) is 3.36. The van der Waals surface area contributed by atoms with E-state index < -0.39 is 6.16 Å². The van der Waals surface area contributed by atoms with Crippen LogP contribution >= 0.6 is 0 Å². The van der Waals surface area contributed by atoms with Crippen molar-refractivity contribution in [3.8, 4) is 5.75 Å². The van der Waals surface area contributed by atoms with Gasteiger partial charge < -0.3 is 9.47 Å². The largest absolute Gasteiger partial charge is 0.514 e. The topological polar surface area (TPSA) is 52.6 Å². The number of hydrogen-bond acceptors (Lipinski definition) is 4. The van der Waals surface area contributed by atoms with E-state index in [-0.39, 0.29) is 11.5 Å². The van der Waals surface area contributed by atoms with Crippen LogP contribution in [0.4, 0.5) is 4.79 Å². The fourth-order valence-corrected chi connectivity index (χ4v) is 9.45. The van der Waals surface area contributed by atoms with Gasteiger partial charge in [-0.1, -0.05) is 65.5 Å². The number of benzene rings is 1. The van der Waals surface area contributed by atoms with Crippen molar-refractivity contribution in [2.45, 2.75) is 105 Å². The molecule has 1 aromatic rings. The maximum absolute atomic E-state index is 12.5. The number of aldehydes is 1. The quantitative estimate of drug-likeness (QED) is 0.144. The van der Waals surface area contributed by atoms with Gasteiger partial charge in [-0.2, -0.15) is 0 Å². The van der Waals surface area contributed by atoms with Gasteiger partial charge in [0.15, 0.2) is 0 Å². The lowest BCUT2D eigenvalue weighted by Crippen LogP contribution is -2.50. The van der Waals surface area contributed by atoms with Crippen molar-refractivity contribution in [1.29, 1.82) is 0 Å². The molecule has 3 saturated carbocycles. The Morgan fingerprint density at radius 3 is 2.56 bits per heavy atom. The van der Waals surface area contributed by atoms with Gasteiger partial charge >= 0.3 is 6.16 Å². The summed E-state index contributed by atoms with van der Waals surface area (Å²) in [6, 6.07) is 6.54. The van der Waals surface area contributed by atoms with Crippen molar-refractivity contribution < 1.29 is 19.1 Å². The molecular formula is C35H50O4. The van der Waals surface area contributed by atoms with Crippen molar-refractivity contribution in [1.82, 2.24) is 0 Å². The number of allylic oxidation sites excluding steroid dienone is 1. The molecule has 214 valence electrons. The number of rotatable bonds is 8. The fraction of sp³-hybridized carbons (Fsp3) is 0.714. The first-order valence-electron chi connectivity index (χ1n) is 15.8. The summed E-state index contributed by atoms with van der Waals surface area (Å²) >= 11 is 0. The summed E-state index contributed by atoms with van der Waals surface area (Å²) in [6.45, 7) is 12.4. The summed E-state index contributed by atoms with van der Waals surface area (Å²) in [6.07, 6.45) is 15.0.